The van der Waals surface area contributed by atoms with Gasteiger partial charge in [-0.3, -0.25) is 4.79 Å². The number of carbonyl (C=O) groups is 1. The maximum atomic E-state index is 13.0. The molecule has 1 aromatic rings. The molecule has 12 heavy (non-hydrogen) atoms. The number of hydrogen-bond donors (Lipinski definition) is 0. The molecule has 1 aromatic carbocycles. The van der Waals surface area contributed by atoms with Crippen molar-refractivity contribution in [3.63, 3.8) is 0 Å². The molecule has 0 atom stereocenters. The quantitative estimate of drug-likeness (QED) is 0.617. The summed E-state index contributed by atoms with van der Waals surface area (Å²) in [6.07, 6.45) is 0.728. The molecule has 0 aliphatic rings. The molecule has 0 aromatic heterocycles. The molecule has 0 radical (unpaired) electrons. The van der Waals surface area contributed by atoms with Crippen LogP contribution in [0.3, 0.4) is 0 Å². The van der Waals surface area contributed by atoms with Gasteiger partial charge in [0.2, 0.25) is 0 Å². The number of aldehydes is 1. The van der Waals surface area contributed by atoms with E-state index in [1.165, 1.54) is 12.1 Å². The molecule has 0 unspecified atom stereocenters. The highest BCUT2D eigenvalue weighted by Crippen LogP contribution is 2.18. The van der Waals surface area contributed by atoms with Gasteiger partial charge in [0.25, 0.3) is 0 Å². The molecule has 0 spiro atoms. The predicted octanol–water partition coefficient (Wildman–Crippen LogP) is 2.76. The van der Waals surface area contributed by atoms with Gasteiger partial charge in [-0.15, -0.1) is 0 Å². The van der Waals surface area contributed by atoms with Crippen LogP contribution in [-0.2, 0) is 0 Å². The summed E-state index contributed by atoms with van der Waals surface area (Å²) < 4.78 is 13.0. The molecule has 0 bridgehead atoms. The fourth-order valence-corrected chi connectivity index (χ4v) is 1.08. The summed E-state index contributed by atoms with van der Waals surface area (Å²) in [4.78, 5) is 10.4. The molecule has 0 saturated heterocycles. The van der Waals surface area contributed by atoms with E-state index in [1.807, 2.05) is 13.8 Å². The van der Waals surface area contributed by atoms with Crippen molar-refractivity contribution in [1.82, 2.24) is 0 Å². The molecule has 1 rings (SSSR count). The Labute approximate surface area is 71.2 Å². The highest BCUT2D eigenvalue weighted by Gasteiger charge is 2.06. The fraction of sp³-hybridized carbons (Fsp3) is 0.300. The van der Waals surface area contributed by atoms with Crippen LogP contribution in [0.2, 0.25) is 0 Å². The third kappa shape index (κ3) is 1.70. The first kappa shape index (κ1) is 8.91. The Kier molecular flexibility index (Phi) is 2.58. The summed E-state index contributed by atoms with van der Waals surface area (Å²) >= 11 is 0. The first-order valence-electron chi connectivity index (χ1n) is 3.89. The van der Waals surface area contributed by atoms with Crippen molar-refractivity contribution in [2.75, 3.05) is 0 Å². The van der Waals surface area contributed by atoms with Gasteiger partial charge in [-0.2, -0.15) is 0 Å². The van der Waals surface area contributed by atoms with Crippen LogP contribution in [0.15, 0.2) is 18.2 Å². The first-order valence-corrected chi connectivity index (χ1v) is 3.89. The smallest absolute Gasteiger partial charge is 0.150 e. The minimum atomic E-state index is -0.240. The number of hydrogen-bond acceptors (Lipinski definition) is 1. The average Bonchev–Trinajstić information content (AvgIpc) is 2.05. The average molecular weight is 166 g/mol. The van der Waals surface area contributed by atoms with Crippen LogP contribution in [0.1, 0.15) is 35.7 Å². The molecule has 0 saturated carbocycles. The fourth-order valence-electron chi connectivity index (χ4n) is 1.08. The van der Waals surface area contributed by atoms with Crippen LogP contribution < -0.4 is 0 Å². The van der Waals surface area contributed by atoms with Crippen LogP contribution in [-0.4, -0.2) is 6.29 Å². The van der Waals surface area contributed by atoms with E-state index < -0.39 is 0 Å². The van der Waals surface area contributed by atoms with Crippen LogP contribution >= 0.6 is 0 Å². The van der Waals surface area contributed by atoms with Gasteiger partial charge in [0.05, 0.1) is 0 Å². The van der Waals surface area contributed by atoms with Crippen molar-refractivity contribution in [1.29, 1.82) is 0 Å². The lowest BCUT2D eigenvalue weighted by Crippen LogP contribution is -1.94. The van der Waals surface area contributed by atoms with E-state index in [9.17, 15) is 9.18 Å². The van der Waals surface area contributed by atoms with Gasteiger partial charge in [0.1, 0.15) is 12.1 Å². The minimum Gasteiger partial charge on any atom is -0.298 e. The maximum Gasteiger partial charge on any atom is 0.150 e. The topological polar surface area (TPSA) is 17.1 Å². The monoisotopic (exact) mass is 166 g/mol. The number of carbonyl (C=O) groups excluding carboxylic acids is 1. The van der Waals surface area contributed by atoms with Crippen LogP contribution in [0, 0.1) is 5.82 Å². The van der Waals surface area contributed by atoms with Crippen LogP contribution in [0.5, 0.6) is 0 Å². The molecular weight excluding hydrogens is 155 g/mol. The van der Waals surface area contributed by atoms with Crippen molar-refractivity contribution in [2.24, 2.45) is 0 Å². The number of benzene rings is 1. The number of rotatable bonds is 2. The molecule has 0 heterocycles. The Morgan fingerprint density at radius 3 is 2.58 bits per heavy atom. The number of halogens is 1. The summed E-state index contributed by atoms with van der Waals surface area (Å²) in [5.74, 6) is -0.125. The second-order valence-electron chi connectivity index (χ2n) is 3.05. The lowest BCUT2D eigenvalue weighted by molar-refractivity contribution is 0.112. The second kappa shape index (κ2) is 3.48. The third-order valence-corrected chi connectivity index (χ3v) is 1.78. The highest BCUT2D eigenvalue weighted by atomic mass is 19.1. The summed E-state index contributed by atoms with van der Waals surface area (Å²) in [5, 5.41) is 0. The molecule has 0 fully saturated rings. The molecule has 0 amide bonds. The van der Waals surface area contributed by atoms with E-state index >= 15 is 0 Å². The van der Waals surface area contributed by atoms with Crippen molar-refractivity contribution < 1.29 is 9.18 Å². The molecule has 64 valence electrons. The zero-order chi connectivity index (χ0) is 9.14. The molecule has 1 nitrogen and oxygen atoms in total. The lowest BCUT2D eigenvalue weighted by Gasteiger charge is -2.06. The highest BCUT2D eigenvalue weighted by molar-refractivity contribution is 5.75. The van der Waals surface area contributed by atoms with Gasteiger partial charge in [-0.25, -0.2) is 4.39 Å². The van der Waals surface area contributed by atoms with E-state index in [0.717, 1.165) is 6.29 Å². The lowest BCUT2D eigenvalue weighted by atomic mass is 10.0. The van der Waals surface area contributed by atoms with Gasteiger partial charge < -0.3 is 0 Å². The largest absolute Gasteiger partial charge is 0.298 e. The van der Waals surface area contributed by atoms with Crippen molar-refractivity contribution >= 4 is 6.29 Å². The van der Waals surface area contributed by atoms with Gasteiger partial charge in [-0.1, -0.05) is 13.8 Å². The zero-order valence-electron chi connectivity index (χ0n) is 7.17. The molecule has 0 N–H and O–H groups in total. The Hall–Kier alpha value is -1.18. The van der Waals surface area contributed by atoms with Crippen molar-refractivity contribution in [3.8, 4) is 0 Å². The maximum absolute atomic E-state index is 13.0. The van der Waals surface area contributed by atoms with E-state index in [1.54, 1.807) is 6.07 Å². The van der Waals surface area contributed by atoms with E-state index in [-0.39, 0.29) is 11.7 Å². The van der Waals surface area contributed by atoms with E-state index in [2.05, 4.69) is 0 Å². The van der Waals surface area contributed by atoms with Crippen molar-refractivity contribution in [2.45, 2.75) is 19.8 Å². The van der Waals surface area contributed by atoms with E-state index in [0.29, 0.717) is 11.1 Å². The SMILES string of the molecule is CC(C)c1cc(C=O)ccc1F. The van der Waals surface area contributed by atoms with Crippen LogP contribution in [0.25, 0.3) is 0 Å². The Morgan fingerprint density at radius 2 is 2.08 bits per heavy atom. The summed E-state index contributed by atoms with van der Waals surface area (Å²) in [6.45, 7) is 3.79. The standard InChI is InChI=1S/C10H11FO/c1-7(2)9-5-8(6-12)3-4-10(9)11/h3-7H,1-2H3. The Balaban J connectivity index is 3.16. The Morgan fingerprint density at radius 1 is 1.42 bits per heavy atom. The van der Waals surface area contributed by atoms with Gasteiger partial charge >= 0.3 is 0 Å². The molecular formula is C10H11FO. The van der Waals surface area contributed by atoms with Gasteiger partial charge in [0.15, 0.2) is 0 Å². The minimum absolute atomic E-state index is 0.116. The molecule has 2 heteroatoms. The van der Waals surface area contributed by atoms with Gasteiger partial charge in [0, 0.05) is 5.56 Å². The normalized spacial score (nSPS) is 10.3. The predicted molar refractivity (Wildman–Crippen MR) is 45.9 cm³/mol. The summed E-state index contributed by atoms with van der Waals surface area (Å²) in [5.41, 5.74) is 1.12. The van der Waals surface area contributed by atoms with Gasteiger partial charge in [-0.05, 0) is 29.7 Å². The summed E-state index contributed by atoms with van der Waals surface area (Å²) in [6, 6.07) is 4.40. The van der Waals surface area contributed by atoms with Crippen molar-refractivity contribution in [3.05, 3.63) is 35.1 Å². The van der Waals surface area contributed by atoms with E-state index in [4.69, 9.17) is 0 Å². The summed E-state index contributed by atoms with van der Waals surface area (Å²) in [7, 11) is 0. The van der Waals surface area contributed by atoms with Crippen LogP contribution in [0.4, 0.5) is 4.39 Å². The first-order chi connectivity index (χ1) is 5.65. The second-order valence-corrected chi connectivity index (χ2v) is 3.05. The third-order valence-electron chi connectivity index (χ3n) is 1.78. The zero-order valence-corrected chi connectivity index (χ0v) is 7.17. The molecule has 0 aliphatic heterocycles. The Bertz CT molecular complexity index is 292. The molecule has 0 aliphatic carbocycles.